The minimum Gasteiger partial charge on any atom is -0.478 e. The molecule has 0 bridgehead atoms. The minimum absolute atomic E-state index is 0. The van der Waals surface area contributed by atoms with Crippen LogP contribution in [0.3, 0.4) is 0 Å². The van der Waals surface area contributed by atoms with Gasteiger partial charge in [-0.1, -0.05) is 18.2 Å². The Bertz CT molecular complexity index is 208. The molecule has 1 N–H and O–H groups in total. The van der Waals surface area contributed by atoms with Crippen LogP contribution in [0.1, 0.15) is 10.4 Å². The van der Waals surface area contributed by atoms with Crippen LogP contribution in [0.15, 0.2) is 30.3 Å². The summed E-state index contributed by atoms with van der Waals surface area (Å²) in [6.45, 7) is 0. The predicted octanol–water partition coefficient (Wildman–Crippen LogP) is 1.38. The van der Waals surface area contributed by atoms with Crippen LogP contribution < -0.4 is 0 Å². The van der Waals surface area contributed by atoms with Crippen molar-refractivity contribution in [2.75, 3.05) is 0 Å². The molecule has 1 radical (unpaired) electrons. The maximum Gasteiger partial charge on any atom is 0.335 e. The zero-order chi connectivity index (χ0) is 6.69. The molecule has 0 aliphatic heterocycles. The van der Waals surface area contributed by atoms with Crippen LogP contribution in [0.5, 0.6) is 0 Å². The van der Waals surface area contributed by atoms with Crippen molar-refractivity contribution in [3.05, 3.63) is 35.9 Å². The quantitative estimate of drug-likeness (QED) is 0.761. The summed E-state index contributed by atoms with van der Waals surface area (Å²) in [5.41, 5.74) is 0.331. The normalized spacial score (nSPS) is 8.00. The molecular weight excluding hydrogens is 205 g/mol. The molecule has 1 aromatic rings. The van der Waals surface area contributed by atoms with Crippen molar-refractivity contribution in [3.8, 4) is 0 Å². The number of carbonyl (C=O) groups is 1. The Morgan fingerprint density at radius 3 is 2.00 bits per heavy atom. The summed E-state index contributed by atoms with van der Waals surface area (Å²) in [6.07, 6.45) is 0. The molecule has 1 aromatic carbocycles. The summed E-state index contributed by atoms with van der Waals surface area (Å²) in [5, 5.41) is 8.38. The third-order valence-corrected chi connectivity index (χ3v) is 1.02. The number of carboxylic acid groups (broad SMARTS) is 1. The van der Waals surface area contributed by atoms with Gasteiger partial charge in [-0.2, -0.15) is 0 Å². The van der Waals surface area contributed by atoms with Crippen LogP contribution in [-0.2, 0) is 32.7 Å². The minimum atomic E-state index is -0.879. The van der Waals surface area contributed by atoms with E-state index in [2.05, 4.69) is 0 Å². The summed E-state index contributed by atoms with van der Waals surface area (Å²) in [6, 6.07) is 8.30. The van der Waals surface area contributed by atoms with Crippen LogP contribution in [0.4, 0.5) is 0 Å². The number of benzene rings is 1. The monoisotopic (exact) mass is 211 g/mol. The maximum absolute atomic E-state index is 10.2. The fourth-order valence-corrected chi connectivity index (χ4v) is 0.581. The molecule has 0 saturated carbocycles. The predicted molar refractivity (Wildman–Crippen MR) is 33.4 cm³/mol. The largest absolute Gasteiger partial charge is 0.478 e. The Labute approximate surface area is 84.1 Å². The maximum atomic E-state index is 10.2. The van der Waals surface area contributed by atoms with Gasteiger partial charge >= 0.3 is 5.97 Å². The van der Waals surface area contributed by atoms with Crippen molar-refractivity contribution in [3.63, 3.8) is 0 Å². The van der Waals surface area contributed by atoms with Gasteiger partial charge in [0.25, 0.3) is 0 Å². The molecule has 0 aliphatic rings. The van der Waals surface area contributed by atoms with Gasteiger partial charge in [0.05, 0.1) is 5.56 Å². The van der Waals surface area contributed by atoms with Crippen molar-refractivity contribution in [2.24, 2.45) is 0 Å². The molecular formula is C7H6O2Y. The molecule has 0 fully saturated rings. The summed E-state index contributed by atoms with van der Waals surface area (Å²) in [4.78, 5) is 10.2. The van der Waals surface area contributed by atoms with Gasteiger partial charge in [-0.3, -0.25) is 0 Å². The molecule has 3 heteroatoms. The molecule has 10 heavy (non-hydrogen) atoms. The number of aromatic carboxylic acids is 1. The molecule has 0 saturated heterocycles. The van der Waals surface area contributed by atoms with E-state index in [-0.39, 0.29) is 32.7 Å². The van der Waals surface area contributed by atoms with Gasteiger partial charge in [-0.05, 0) is 12.1 Å². The number of rotatable bonds is 1. The third kappa shape index (κ3) is 2.59. The van der Waals surface area contributed by atoms with E-state index in [1.165, 1.54) is 0 Å². The van der Waals surface area contributed by atoms with Gasteiger partial charge in [0, 0.05) is 32.7 Å². The fraction of sp³-hybridized carbons (Fsp3) is 0. The van der Waals surface area contributed by atoms with Crippen LogP contribution in [0.25, 0.3) is 0 Å². The topological polar surface area (TPSA) is 37.3 Å². The Morgan fingerprint density at radius 1 is 1.20 bits per heavy atom. The standard InChI is InChI=1S/C7H6O2.Y/c8-7(9)6-4-2-1-3-5-6;/h1-5H,(H,8,9);. The Balaban J connectivity index is 0.000000810. The van der Waals surface area contributed by atoms with E-state index >= 15 is 0 Å². The van der Waals surface area contributed by atoms with Crippen molar-refractivity contribution < 1.29 is 42.6 Å². The van der Waals surface area contributed by atoms with Gasteiger partial charge in [-0.25, -0.2) is 4.79 Å². The van der Waals surface area contributed by atoms with E-state index in [1.807, 2.05) is 0 Å². The van der Waals surface area contributed by atoms with Crippen molar-refractivity contribution in [2.45, 2.75) is 0 Å². The second kappa shape index (κ2) is 4.58. The molecule has 0 atom stereocenters. The van der Waals surface area contributed by atoms with E-state index in [4.69, 9.17) is 5.11 Å². The first-order chi connectivity index (χ1) is 4.30. The Kier molecular flexibility index (Phi) is 4.49. The fourth-order valence-electron chi connectivity index (χ4n) is 0.581. The van der Waals surface area contributed by atoms with E-state index < -0.39 is 5.97 Å². The average molecular weight is 211 g/mol. The van der Waals surface area contributed by atoms with E-state index in [0.717, 1.165) is 0 Å². The summed E-state index contributed by atoms with van der Waals surface area (Å²) in [7, 11) is 0. The van der Waals surface area contributed by atoms with E-state index in [0.29, 0.717) is 5.56 Å². The summed E-state index contributed by atoms with van der Waals surface area (Å²) < 4.78 is 0. The van der Waals surface area contributed by atoms with E-state index in [1.54, 1.807) is 30.3 Å². The first-order valence-corrected chi connectivity index (χ1v) is 2.59. The van der Waals surface area contributed by atoms with Crippen LogP contribution in [0, 0.1) is 0 Å². The van der Waals surface area contributed by atoms with E-state index in [9.17, 15) is 4.79 Å². The zero-order valence-electron chi connectivity index (χ0n) is 5.32. The summed E-state index contributed by atoms with van der Waals surface area (Å²) >= 11 is 0. The Morgan fingerprint density at radius 2 is 1.70 bits per heavy atom. The van der Waals surface area contributed by atoms with Crippen molar-refractivity contribution in [1.82, 2.24) is 0 Å². The molecule has 0 amide bonds. The van der Waals surface area contributed by atoms with Gasteiger partial charge < -0.3 is 5.11 Å². The third-order valence-electron chi connectivity index (χ3n) is 1.02. The molecule has 0 aromatic heterocycles. The van der Waals surface area contributed by atoms with Crippen LogP contribution in [-0.4, -0.2) is 11.1 Å². The first kappa shape index (κ1) is 9.79. The molecule has 0 unspecified atom stereocenters. The SMILES string of the molecule is O=C(O)c1ccccc1.[Y]. The van der Waals surface area contributed by atoms with Crippen LogP contribution >= 0.6 is 0 Å². The number of hydrogen-bond acceptors (Lipinski definition) is 1. The number of carboxylic acids is 1. The number of hydrogen-bond donors (Lipinski definition) is 1. The molecule has 2 nitrogen and oxygen atoms in total. The van der Waals surface area contributed by atoms with Gasteiger partial charge in [0.1, 0.15) is 0 Å². The molecule has 0 spiro atoms. The van der Waals surface area contributed by atoms with Gasteiger partial charge in [0.15, 0.2) is 0 Å². The van der Waals surface area contributed by atoms with Gasteiger partial charge in [-0.15, -0.1) is 0 Å². The van der Waals surface area contributed by atoms with Crippen molar-refractivity contribution in [1.29, 1.82) is 0 Å². The smallest absolute Gasteiger partial charge is 0.335 e. The molecule has 0 heterocycles. The average Bonchev–Trinajstić information content (AvgIpc) is 1.90. The zero-order valence-corrected chi connectivity index (χ0v) is 8.16. The first-order valence-electron chi connectivity index (χ1n) is 2.59. The summed E-state index contributed by atoms with van der Waals surface area (Å²) in [5.74, 6) is -0.879. The molecule has 0 aliphatic carbocycles. The van der Waals surface area contributed by atoms with Gasteiger partial charge in [0.2, 0.25) is 0 Å². The second-order valence-corrected chi connectivity index (χ2v) is 1.67. The second-order valence-electron chi connectivity index (χ2n) is 1.67. The Hall–Kier alpha value is -0.206. The molecule has 1 rings (SSSR count). The van der Waals surface area contributed by atoms with Crippen molar-refractivity contribution >= 4 is 5.97 Å². The van der Waals surface area contributed by atoms with Crippen LogP contribution in [0.2, 0.25) is 0 Å². The molecule has 49 valence electrons.